The van der Waals surface area contributed by atoms with Crippen molar-refractivity contribution in [1.29, 1.82) is 0 Å². The van der Waals surface area contributed by atoms with Crippen molar-refractivity contribution < 1.29 is 27.9 Å². The number of primary amides is 1. The second kappa shape index (κ2) is 11.6. The zero-order valence-corrected chi connectivity index (χ0v) is 20.3. The van der Waals surface area contributed by atoms with E-state index in [0.717, 1.165) is 24.4 Å². The third-order valence-electron chi connectivity index (χ3n) is 5.87. The zero-order valence-electron chi connectivity index (χ0n) is 19.5. The minimum Gasteiger partial charge on any atom is -0.471 e. The molecule has 1 atom stereocenters. The van der Waals surface area contributed by atoms with E-state index in [-0.39, 0.29) is 40.6 Å². The number of halogens is 2. The first-order chi connectivity index (χ1) is 17.3. The SMILES string of the molecule is NC(=O)c1c(OCc2cc(C(=O)NC3CC3)ccc2F)nsc1NC(=O)NCCCN1CC[C@@H](F)C1. The van der Waals surface area contributed by atoms with Gasteiger partial charge in [0.1, 0.15) is 29.2 Å². The molecule has 194 valence electrons. The third kappa shape index (κ3) is 6.88. The number of carbonyl (C=O) groups excluding carboxylic acids is 3. The van der Waals surface area contributed by atoms with E-state index in [1.807, 2.05) is 4.90 Å². The smallest absolute Gasteiger partial charge is 0.319 e. The minimum absolute atomic E-state index is 0.0906. The molecule has 0 unspecified atom stereocenters. The van der Waals surface area contributed by atoms with Crippen molar-refractivity contribution >= 4 is 34.4 Å². The highest BCUT2D eigenvalue weighted by Crippen LogP contribution is 2.31. The van der Waals surface area contributed by atoms with E-state index >= 15 is 0 Å². The van der Waals surface area contributed by atoms with E-state index in [2.05, 4.69) is 20.3 Å². The standard InChI is InChI=1S/C23H28F2N6O4S/c24-15-6-9-31(11-15)8-1-7-27-23(34)29-22-18(19(26)32)21(30-36-22)35-12-14-10-13(2-5-17(14)25)20(33)28-16-3-4-16/h2,5,10,15-16H,1,3-4,6-9,11-12H2,(H2,26,32)(H,28,33)(H2,27,29,34)/t15-/m1/s1. The lowest BCUT2D eigenvalue weighted by Crippen LogP contribution is -2.32. The molecule has 0 bridgehead atoms. The van der Waals surface area contributed by atoms with Crippen molar-refractivity contribution in [3.05, 3.63) is 40.7 Å². The molecular weight excluding hydrogens is 494 g/mol. The molecule has 1 saturated carbocycles. The molecule has 0 spiro atoms. The maximum atomic E-state index is 14.3. The first-order valence-corrected chi connectivity index (χ1v) is 12.5. The van der Waals surface area contributed by atoms with Crippen LogP contribution < -0.4 is 26.4 Å². The van der Waals surface area contributed by atoms with Crippen molar-refractivity contribution in [3.63, 3.8) is 0 Å². The van der Waals surface area contributed by atoms with Gasteiger partial charge in [-0.2, -0.15) is 4.37 Å². The van der Waals surface area contributed by atoms with Crippen molar-refractivity contribution in [2.45, 2.75) is 44.5 Å². The number of nitrogens with one attached hydrogen (secondary N) is 3. The fraction of sp³-hybridized carbons (Fsp3) is 0.478. The molecule has 2 fully saturated rings. The average Bonchev–Trinajstić information content (AvgIpc) is 3.41. The van der Waals surface area contributed by atoms with E-state index in [1.54, 1.807) is 0 Å². The Morgan fingerprint density at radius 3 is 2.75 bits per heavy atom. The van der Waals surface area contributed by atoms with Crippen LogP contribution in [0.3, 0.4) is 0 Å². The summed E-state index contributed by atoms with van der Waals surface area (Å²) in [7, 11) is 0. The Labute approximate surface area is 210 Å². The number of alkyl halides is 1. The Hall–Kier alpha value is -3.32. The maximum absolute atomic E-state index is 14.3. The van der Waals surface area contributed by atoms with Gasteiger partial charge in [0.25, 0.3) is 11.8 Å². The number of aromatic nitrogens is 1. The second-order valence-electron chi connectivity index (χ2n) is 8.82. The number of rotatable bonds is 11. The zero-order chi connectivity index (χ0) is 25.7. The lowest BCUT2D eigenvalue weighted by Gasteiger charge is -2.14. The molecule has 2 heterocycles. The monoisotopic (exact) mass is 522 g/mol. The van der Waals surface area contributed by atoms with Crippen LogP contribution >= 0.6 is 11.5 Å². The summed E-state index contributed by atoms with van der Waals surface area (Å²) in [6, 6.07) is 3.54. The van der Waals surface area contributed by atoms with Crippen LogP contribution in [0.2, 0.25) is 0 Å². The van der Waals surface area contributed by atoms with E-state index < -0.39 is 23.9 Å². The molecule has 1 saturated heterocycles. The summed E-state index contributed by atoms with van der Waals surface area (Å²) in [5, 5.41) is 8.12. The number of benzene rings is 1. The van der Waals surface area contributed by atoms with Crippen molar-refractivity contribution in [2.75, 3.05) is 31.5 Å². The summed E-state index contributed by atoms with van der Waals surface area (Å²) < 4.78 is 37.1. The Balaban J connectivity index is 1.31. The quantitative estimate of drug-likeness (QED) is 0.334. The highest BCUT2D eigenvalue weighted by molar-refractivity contribution is 7.11. The first kappa shape index (κ1) is 25.8. The van der Waals surface area contributed by atoms with Gasteiger partial charge in [0.2, 0.25) is 5.88 Å². The Morgan fingerprint density at radius 2 is 2.06 bits per heavy atom. The van der Waals surface area contributed by atoms with E-state index in [1.165, 1.54) is 18.2 Å². The van der Waals surface area contributed by atoms with Gasteiger partial charge in [0.15, 0.2) is 0 Å². The summed E-state index contributed by atoms with van der Waals surface area (Å²) in [5.74, 6) is -1.90. The fourth-order valence-corrected chi connectivity index (χ4v) is 4.52. The number of carbonyl (C=O) groups is 3. The van der Waals surface area contributed by atoms with Crippen LogP contribution in [0.25, 0.3) is 0 Å². The van der Waals surface area contributed by atoms with E-state index in [4.69, 9.17) is 10.5 Å². The van der Waals surface area contributed by atoms with Crippen LogP contribution in [-0.4, -0.2) is 65.5 Å². The number of nitrogens with zero attached hydrogens (tertiary/aromatic N) is 2. The molecule has 1 aromatic carbocycles. The van der Waals surface area contributed by atoms with Crippen LogP contribution in [0, 0.1) is 5.82 Å². The summed E-state index contributed by atoms with van der Waals surface area (Å²) in [6.45, 7) is 1.85. The van der Waals surface area contributed by atoms with Gasteiger partial charge in [0, 0.05) is 36.8 Å². The molecule has 4 rings (SSSR count). The number of anilines is 1. The normalized spacial score (nSPS) is 17.6. The number of amides is 4. The molecular formula is C23H28F2N6O4S. The summed E-state index contributed by atoms with van der Waals surface area (Å²) >= 11 is 0.798. The molecule has 5 N–H and O–H groups in total. The molecule has 2 aromatic rings. The highest BCUT2D eigenvalue weighted by Gasteiger charge is 2.25. The molecule has 1 aliphatic heterocycles. The van der Waals surface area contributed by atoms with Gasteiger partial charge in [-0.05, 0) is 62.0 Å². The molecule has 1 aromatic heterocycles. The molecule has 10 nitrogen and oxygen atoms in total. The van der Waals surface area contributed by atoms with Gasteiger partial charge in [0.05, 0.1) is 0 Å². The summed E-state index contributed by atoms with van der Waals surface area (Å²) in [4.78, 5) is 38.5. The van der Waals surface area contributed by atoms with Crippen LogP contribution in [-0.2, 0) is 6.61 Å². The fourth-order valence-electron chi connectivity index (χ4n) is 3.79. The van der Waals surface area contributed by atoms with Gasteiger partial charge in [-0.15, -0.1) is 0 Å². The molecule has 13 heteroatoms. The minimum atomic E-state index is -0.873. The summed E-state index contributed by atoms with van der Waals surface area (Å²) in [5.41, 5.74) is 5.73. The van der Waals surface area contributed by atoms with Gasteiger partial charge in [-0.25, -0.2) is 13.6 Å². The predicted octanol–water partition coefficient (Wildman–Crippen LogP) is 2.41. The van der Waals surface area contributed by atoms with Gasteiger partial charge in [-0.3, -0.25) is 14.9 Å². The topological polar surface area (TPSA) is 139 Å². The molecule has 36 heavy (non-hydrogen) atoms. The largest absolute Gasteiger partial charge is 0.471 e. The van der Waals surface area contributed by atoms with E-state index in [0.29, 0.717) is 44.6 Å². The van der Waals surface area contributed by atoms with Crippen LogP contribution in [0.4, 0.5) is 18.6 Å². The number of likely N-dealkylation sites (tertiary alicyclic amines) is 1. The average molecular weight is 523 g/mol. The van der Waals surface area contributed by atoms with Crippen molar-refractivity contribution in [1.82, 2.24) is 19.9 Å². The van der Waals surface area contributed by atoms with E-state index in [9.17, 15) is 23.2 Å². The molecule has 2 aliphatic rings. The second-order valence-corrected chi connectivity index (χ2v) is 9.59. The lowest BCUT2D eigenvalue weighted by molar-refractivity contribution is 0.0949. The van der Waals surface area contributed by atoms with Gasteiger partial charge >= 0.3 is 6.03 Å². The number of nitrogens with two attached hydrogens (primary N) is 1. The highest BCUT2D eigenvalue weighted by atomic mass is 32.1. The lowest BCUT2D eigenvalue weighted by atomic mass is 10.1. The summed E-state index contributed by atoms with van der Waals surface area (Å²) in [6.07, 6.45) is 2.24. The molecule has 1 aliphatic carbocycles. The Morgan fingerprint density at radius 1 is 1.25 bits per heavy atom. The Bertz CT molecular complexity index is 1130. The number of ether oxygens (including phenoxy) is 1. The third-order valence-corrected chi connectivity index (χ3v) is 6.62. The predicted molar refractivity (Wildman–Crippen MR) is 129 cm³/mol. The van der Waals surface area contributed by atoms with Gasteiger partial charge < -0.3 is 26.0 Å². The first-order valence-electron chi connectivity index (χ1n) is 11.7. The van der Waals surface area contributed by atoms with Crippen molar-refractivity contribution in [2.24, 2.45) is 5.73 Å². The maximum Gasteiger partial charge on any atom is 0.319 e. The molecule has 0 radical (unpaired) electrons. The molecule has 4 amide bonds. The number of hydrogen-bond donors (Lipinski definition) is 4. The number of urea groups is 1. The van der Waals surface area contributed by atoms with Crippen LogP contribution in [0.5, 0.6) is 5.88 Å². The Kier molecular flexibility index (Phi) is 8.31. The van der Waals surface area contributed by atoms with Crippen molar-refractivity contribution in [3.8, 4) is 5.88 Å². The van der Waals surface area contributed by atoms with Crippen LogP contribution in [0.15, 0.2) is 18.2 Å². The number of hydrogen-bond acceptors (Lipinski definition) is 7. The van der Waals surface area contributed by atoms with Crippen LogP contribution in [0.1, 0.15) is 52.0 Å². The van der Waals surface area contributed by atoms with Gasteiger partial charge in [-0.1, -0.05) is 0 Å².